The summed E-state index contributed by atoms with van der Waals surface area (Å²) in [6.07, 6.45) is 1.07. The van der Waals surface area contributed by atoms with Gasteiger partial charge in [-0.05, 0) is 31.4 Å². The summed E-state index contributed by atoms with van der Waals surface area (Å²) in [5.74, 6) is 0.507. The van der Waals surface area contributed by atoms with Gasteiger partial charge in [-0.2, -0.15) is 0 Å². The quantitative estimate of drug-likeness (QED) is 0.872. The van der Waals surface area contributed by atoms with Gasteiger partial charge in [0.1, 0.15) is 5.69 Å². The van der Waals surface area contributed by atoms with Crippen molar-refractivity contribution in [1.82, 2.24) is 15.2 Å². The van der Waals surface area contributed by atoms with Crippen molar-refractivity contribution in [2.45, 2.75) is 33.2 Å². The summed E-state index contributed by atoms with van der Waals surface area (Å²) in [6, 6.07) is 5.88. The zero-order chi connectivity index (χ0) is 15.9. The van der Waals surface area contributed by atoms with E-state index in [0.717, 1.165) is 38.4 Å². The smallest absolute Gasteiger partial charge is 0.269 e. The molecule has 1 aromatic rings. The van der Waals surface area contributed by atoms with E-state index in [0.29, 0.717) is 24.2 Å². The lowest BCUT2D eigenvalue weighted by Crippen LogP contribution is -2.49. The molecule has 1 aliphatic rings. The van der Waals surface area contributed by atoms with E-state index in [9.17, 15) is 4.79 Å². The lowest BCUT2D eigenvalue weighted by Gasteiger charge is -2.35. The van der Waals surface area contributed by atoms with Gasteiger partial charge in [0.05, 0.1) is 13.2 Å². The van der Waals surface area contributed by atoms with E-state index in [-0.39, 0.29) is 5.91 Å². The Morgan fingerprint density at radius 1 is 1.36 bits per heavy atom. The summed E-state index contributed by atoms with van der Waals surface area (Å²) < 4.78 is 5.42. The maximum absolute atomic E-state index is 12.3. The molecule has 1 fully saturated rings. The summed E-state index contributed by atoms with van der Waals surface area (Å²) in [5, 5.41) is 3.05. The van der Waals surface area contributed by atoms with E-state index in [1.807, 2.05) is 19.1 Å². The molecule has 2 rings (SSSR count). The van der Waals surface area contributed by atoms with Gasteiger partial charge in [-0.1, -0.05) is 19.9 Å². The van der Waals surface area contributed by atoms with Gasteiger partial charge in [0.25, 0.3) is 5.91 Å². The number of nitrogens with zero attached hydrogens (tertiary/aromatic N) is 2. The zero-order valence-corrected chi connectivity index (χ0v) is 13.8. The first kappa shape index (κ1) is 16.9. The number of nitrogens with one attached hydrogen (secondary N) is 1. The van der Waals surface area contributed by atoms with E-state index in [2.05, 4.69) is 29.0 Å². The maximum atomic E-state index is 12.3. The van der Waals surface area contributed by atoms with Crippen molar-refractivity contribution in [1.29, 1.82) is 0 Å². The summed E-state index contributed by atoms with van der Waals surface area (Å²) in [4.78, 5) is 19.0. The third-order valence-electron chi connectivity index (χ3n) is 3.92. The third-order valence-corrected chi connectivity index (χ3v) is 3.92. The van der Waals surface area contributed by atoms with Crippen molar-refractivity contribution in [3.63, 3.8) is 0 Å². The number of carbonyl (C=O) groups excluding carboxylic acids is 1. The minimum atomic E-state index is -0.0919. The molecule has 1 atom stereocenters. The second-order valence-corrected chi connectivity index (χ2v) is 6.31. The Morgan fingerprint density at radius 3 is 2.73 bits per heavy atom. The molecule has 0 radical (unpaired) electrons. The van der Waals surface area contributed by atoms with E-state index in [1.165, 1.54) is 0 Å². The Kier molecular flexibility index (Phi) is 6.34. The number of hydrogen-bond acceptors (Lipinski definition) is 4. The fourth-order valence-electron chi connectivity index (χ4n) is 2.82. The number of rotatable bonds is 6. The molecule has 0 aliphatic carbocycles. The van der Waals surface area contributed by atoms with Crippen LogP contribution in [0.15, 0.2) is 18.2 Å². The first-order valence-electron chi connectivity index (χ1n) is 8.10. The van der Waals surface area contributed by atoms with Gasteiger partial charge in [0, 0.05) is 31.4 Å². The zero-order valence-electron chi connectivity index (χ0n) is 13.8. The van der Waals surface area contributed by atoms with Crippen molar-refractivity contribution in [3.05, 3.63) is 29.6 Å². The predicted octanol–water partition coefficient (Wildman–Crippen LogP) is 1.87. The molecule has 1 aliphatic heterocycles. The Morgan fingerprint density at radius 2 is 2.09 bits per heavy atom. The van der Waals surface area contributed by atoms with Gasteiger partial charge in [0.2, 0.25) is 0 Å². The molecule has 2 heterocycles. The standard InChI is InChI=1S/C17H27N3O2/c1-13(2)11-15(20-7-9-22-10-8-20)12-18-17(21)16-6-4-5-14(3)19-16/h4-6,13,15H,7-12H2,1-3H3,(H,18,21). The molecule has 1 amide bonds. The lowest BCUT2D eigenvalue weighted by atomic mass is 10.0. The molecule has 1 unspecified atom stereocenters. The first-order valence-corrected chi connectivity index (χ1v) is 8.10. The van der Waals surface area contributed by atoms with E-state index >= 15 is 0 Å². The highest BCUT2D eigenvalue weighted by Crippen LogP contribution is 2.13. The third kappa shape index (κ3) is 5.07. The second-order valence-electron chi connectivity index (χ2n) is 6.31. The SMILES string of the molecule is Cc1cccc(C(=O)NCC(CC(C)C)N2CCOCC2)n1. The average Bonchev–Trinajstić information content (AvgIpc) is 2.51. The summed E-state index contributed by atoms with van der Waals surface area (Å²) in [5.41, 5.74) is 1.35. The lowest BCUT2D eigenvalue weighted by molar-refractivity contribution is 0.0124. The van der Waals surface area contributed by atoms with Crippen LogP contribution in [0.3, 0.4) is 0 Å². The largest absolute Gasteiger partial charge is 0.379 e. The Labute approximate surface area is 133 Å². The summed E-state index contributed by atoms with van der Waals surface area (Å²) >= 11 is 0. The Balaban J connectivity index is 1.93. The number of aromatic nitrogens is 1. The highest BCUT2D eigenvalue weighted by atomic mass is 16.5. The molecule has 22 heavy (non-hydrogen) atoms. The van der Waals surface area contributed by atoms with Gasteiger partial charge >= 0.3 is 0 Å². The van der Waals surface area contributed by atoms with E-state index in [1.54, 1.807) is 6.07 Å². The van der Waals surface area contributed by atoms with Crippen molar-refractivity contribution < 1.29 is 9.53 Å². The molecule has 5 nitrogen and oxygen atoms in total. The van der Waals surface area contributed by atoms with Crippen molar-refractivity contribution >= 4 is 5.91 Å². The average molecular weight is 305 g/mol. The van der Waals surface area contributed by atoms with Gasteiger partial charge in [-0.3, -0.25) is 9.69 Å². The van der Waals surface area contributed by atoms with Crippen molar-refractivity contribution in [2.24, 2.45) is 5.92 Å². The van der Waals surface area contributed by atoms with E-state index in [4.69, 9.17) is 4.74 Å². The highest BCUT2D eigenvalue weighted by molar-refractivity contribution is 5.92. The minimum Gasteiger partial charge on any atom is -0.379 e. The topological polar surface area (TPSA) is 54.5 Å². The monoisotopic (exact) mass is 305 g/mol. The Bertz CT molecular complexity index is 485. The predicted molar refractivity (Wildman–Crippen MR) is 86.9 cm³/mol. The number of morpholine rings is 1. The molecule has 0 spiro atoms. The molecular weight excluding hydrogens is 278 g/mol. The number of ether oxygens (including phenoxy) is 1. The van der Waals surface area contributed by atoms with Crippen LogP contribution in [0.1, 0.15) is 36.5 Å². The van der Waals surface area contributed by atoms with Gasteiger partial charge in [-0.25, -0.2) is 4.98 Å². The van der Waals surface area contributed by atoms with Crippen LogP contribution >= 0.6 is 0 Å². The molecule has 1 N–H and O–H groups in total. The number of hydrogen-bond donors (Lipinski definition) is 1. The van der Waals surface area contributed by atoms with Gasteiger partial charge in [0.15, 0.2) is 0 Å². The van der Waals surface area contributed by atoms with Crippen LogP contribution in [-0.2, 0) is 4.74 Å². The van der Waals surface area contributed by atoms with Crippen LogP contribution in [-0.4, -0.2) is 54.7 Å². The van der Waals surface area contributed by atoms with Crippen molar-refractivity contribution in [2.75, 3.05) is 32.8 Å². The summed E-state index contributed by atoms with van der Waals surface area (Å²) in [7, 11) is 0. The normalized spacial score (nSPS) is 17.5. The Hall–Kier alpha value is -1.46. The molecule has 5 heteroatoms. The van der Waals surface area contributed by atoms with Gasteiger partial charge in [-0.15, -0.1) is 0 Å². The molecular formula is C17H27N3O2. The van der Waals surface area contributed by atoms with Crippen molar-refractivity contribution in [3.8, 4) is 0 Å². The van der Waals surface area contributed by atoms with E-state index < -0.39 is 0 Å². The molecule has 0 aromatic carbocycles. The van der Waals surface area contributed by atoms with Crippen LogP contribution in [0, 0.1) is 12.8 Å². The highest BCUT2D eigenvalue weighted by Gasteiger charge is 2.22. The van der Waals surface area contributed by atoms with Crippen LogP contribution in [0.25, 0.3) is 0 Å². The van der Waals surface area contributed by atoms with Crippen LogP contribution in [0.4, 0.5) is 0 Å². The molecule has 0 saturated carbocycles. The van der Waals surface area contributed by atoms with Gasteiger partial charge < -0.3 is 10.1 Å². The van der Waals surface area contributed by atoms with Crippen LogP contribution in [0.2, 0.25) is 0 Å². The molecule has 1 saturated heterocycles. The van der Waals surface area contributed by atoms with Crippen LogP contribution in [0.5, 0.6) is 0 Å². The fourth-order valence-corrected chi connectivity index (χ4v) is 2.82. The number of carbonyl (C=O) groups is 1. The second kappa shape index (κ2) is 8.25. The number of aryl methyl sites for hydroxylation is 1. The first-order chi connectivity index (χ1) is 10.6. The molecule has 0 bridgehead atoms. The minimum absolute atomic E-state index is 0.0919. The molecule has 122 valence electrons. The molecule has 1 aromatic heterocycles. The fraction of sp³-hybridized carbons (Fsp3) is 0.647. The maximum Gasteiger partial charge on any atom is 0.269 e. The summed E-state index contributed by atoms with van der Waals surface area (Å²) in [6.45, 7) is 10.4. The van der Waals surface area contributed by atoms with Crippen LogP contribution < -0.4 is 5.32 Å². The number of pyridine rings is 1. The number of amides is 1.